The standard InChI is InChI=1S/C23H31F2N5O/c1-15-11-23(14-26-12-15,29-19(31)10-16-4-3-9-30(2)13-16)18-6-5-17(22(24)25)20-21(18)28-8-7-27-20/h5-8,15-16,22,26H,3-4,9-14H2,1-2H3,(H,29,31)/t15-,16?,23-/m0/s1. The van der Waals surface area contributed by atoms with Crippen molar-refractivity contribution in [1.29, 1.82) is 0 Å². The van der Waals surface area contributed by atoms with Gasteiger partial charge in [0.15, 0.2) is 0 Å². The number of hydrogen-bond donors (Lipinski definition) is 2. The van der Waals surface area contributed by atoms with Gasteiger partial charge in [0.2, 0.25) is 5.91 Å². The summed E-state index contributed by atoms with van der Waals surface area (Å²) in [6.07, 6.45) is 3.67. The number of halogens is 2. The quantitative estimate of drug-likeness (QED) is 0.761. The topological polar surface area (TPSA) is 70.2 Å². The molecule has 2 fully saturated rings. The fourth-order valence-corrected chi connectivity index (χ4v) is 5.30. The SMILES string of the molecule is C[C@@H]1CNC[C@](NC(=O)CC2CCCN(C)C2)(c2ccc(C(F)F)c3nccnc23)C1. The van der Waals surface area contributed by atoms with E-state index in [9.17, 15) is 13.6 Å². The number of alkyl halides is 2. The smallest absolute Gasteiger partial charge is 0.266 e. The van der Waals surface area contributed by atoms with Crippen LogP contribution in [0, 0.1) is 11.8 Å². The van der Waals surface area contributed by atoms with E-state index in [-0.39, 0.29) is 17.0 Å². The van der Waals surface area contributed by atoms with Gasteiger partial charge in [-0.15, -0.1) is 0 Å². The highest BCUT2D eigenvalue weighted by molar-refractivity contribution is 5.84. The van der Waals surface area contributed by atoms with E-state index in [0.29, 0.717) is 30.3 Å². The van der Waals surface area contributed by atoms with Crippen LogP contribution in [0.15, 0.2) is 24.5 Å². The summed E-state index contributed by atoms with van der Waals surface area (Å²) < 4.78 is 27.2. The van der Waals surface area contributed by atoms with Crippen molar-refractivity contribution in [3.05, 3.63) is 35.7 Å². The van der Waals surface area contributed by atoms with E-state index in [2.05, 4.69) is 39.5 Å². The highest BCUT2D eigenvalue weighted by atomic mass is 19.3. The van der Waals surface area contributed by atoms with Gasteiger partial charge in [0, 0.05) is 43.0 Å². The number of amides is 1. The lowest BCUT2D eigenvalue weighted by Crippen LogP contribution is -2.57. The Morgan fingerprint density at radius 1 is 1.32 bits per heavy atom. The largest absolute Gasteiger partial charge is 0.345 e. The molecule has 2 N–H and O–H groups in total. The molecule has 0 bridgehead atoms. The molecule has 168 valence electrons. The van der Waals surface area contributed by atoms with Crippen LogP contribution < -0.4 is 10.6 Å². The summed E-state index contributed by atoms with van der Waals surface area (Å²) in [4.78, 5) is 24.1. The Balaban J connectivity index is 1.68. The van der Waals surface area contributed by atoms with Crippen LogP contribution >= 0.6 is 0 Å². The molecule has 4 rings (SSSR count). The first-order valence-corrected chi connectivity index (χ1v) is 11.1. The monoisotopic (exact) mass is 431 g/mol. The molecule has 1 aromatic carbocycles. The van der Waals surface area contributed by atoms with E-state index >= 15 is 0 Å². The molecule has 8 heteroatoms. The van der Waals surface area contributed by atoms with E-state index in [1.165, 1.54) is 18.5 Å². The Morgan fingerprint density at radius 2 is 2.10 bits per heavy atom. The number of fused-ring (bicyclic) bond motifs is 1. The first-order valence-electron chi connectivity index (χ1n) is 11.1. The zero-order chi connectivity index (χ0) is 22.0. The molecule has 0 aliphatic carbocycles. The fraction of sp³-hybridized carbons (Fsp3) is 0.609. The molecule has 0 saturated carbocycles. The third kappa shape index (κ3) is 4.70. The molecule has 2 saturated heterocycles. The molecule has 0 spiro atoms. The molecule has 2 aliphatic rings. The molecule has 3 atom stereocenters. The molecule has 1 amide bonds. The van der Waals surface area contributed by atoms with Gasteiger partial charge in [0.25, 0.3) is 6.43 Å². The molecule has 6 nitrogen and oxygen atoms in total. The van der Waals surface area contributed by atoms with Crippen molar-refractivity contribution >= 4 is 16.9 Å². The number of nitrogens with zero attached hydrogens (tertiary/aromatic N) is 3. The van der Waals surface area contributed by atoms with Gasteiger partial charge in [-0.3, -0.25) is 14.8 Å². The van der Waals surface area contributed by atoms with Gasteiger partial charge in [-0.25, -0.2) is 8.78 Å². The van der Waals surface area contributed by atoms with E-state index in [1.807, 2.05) is 0 Å². The normalized spacial score (nSPS) is 27.5. The summed E-state index contributed by atoms with van der Waals surface area (Å²) in [6, 6.07) is 3.13. The van der Waals surface area contributed by atoms with Crippen LogP contribution in [0.4, 0.5) is 8.78 Å². The van der Waals surface area contributed by atoms with E-state index in [1.54, 1.807) is 6.07 Å². The lowest BCUT2D eigenvalue weighted by molar-refractivity contribution is -0.125. The number of carbonyl (C=O) groups excluding carboxylic acids is 1. The first-order chi connectivity index (χ1) is 14.9. The van der Waals surface area contributed by atoms with Crippen LogP contribution in [-0.2, 0) is 10.3 Å². The molecule has 2 aromatic rings. The summed E-state index contributed by atoms with van der Waals surface area (Å²) in [5, 5.41) is 6.73. The Kier molecular flexibility index (Phi) is 6.48. The second-order valence-electron chi connectivity index (χ2n) is 9.30. The summed E-state index contributed by atoms with van der Waals surface area (Å²) in [7, 11) is 2.09. The summed E-state index contributed by atoms with van der Waals surface area (Å²) in [5.41, 5.74) is 0.567. The van der Waals surface area contributed by atoms with Gasteiger partial charge in [-0.2, -0.15) is 0 Å². The highest BCUT2D eigenvalue weighted by Crippen LogP contribution is 2.37. The van der Waals surface area contributed by atoms with Crippen LogP contribution in [-0.4, -0.2) is 54.0 Å². The van der Waals surface area contributed by atoms with Crippen molar-refractivity contribution in [2.24, 2.45) is 11.8 Å². The first kappa shape index (κ1) is 22.0. The minimum atomic E-state index is -2.63. The summed E-state index contributed by atoms with van der Waals surface area (Å²) >= 11 is 0. The highest BCUT2D eigenvalue weighted by Gasteiger charge is 2.40. The predicted octanol–water partition coefficient (Wildman–Crippen LogP) is 3.24. The molecule has 1 unspecified atom stereocenters. The number of aromatic nitrogens is 2. The number of rotatable bonds is 5. The maximum absolute atomic E-state index is 13.6. The van der Waals surface area contributed by atoms with Crippen LogP contribution in [0.5, 0.6) is 0 Å². The molecular formula is C23H31F2N5O. The van der Waals surface area contributed by atoms with E-state index < -0.39 is 12.0 Å². The molecule has 0 radical (unpaired) electrons. The van der Waals surface area contributed by atoms with Crippen LogP contribution in [0.1, 0.15) is 50.2 Å². The number of benzene rings is 1. The average molecular weight is 432 g/mol. The maximum Gasteiger partial charge on any atom is 0.266 e. The van der Waals surface area contributed by atoms with Crippen LogP contribution in [0.25, 0.3) is 11.0 Å². The van der Waals surface area contributed by atoms with Crippen molar-refractivity contribution in [2.45, 2.75) is 44.6 Å². The minimum Gasteiger partial charge on any atom is -0.345 e. The average Bonchev–Trinajstić information content (AvgIpc) is 2.72. The minimum absolute atomic E-state index is 0.00572. The van der Waals surface area contributed by atoms with Gasteiger partial charge in [0.05, 0.1) is 16.6 Å². The van der Waals surface area contributed by atoms with Crippen molar-refractivity contribution in [3.8, 4) is 0 Å². The number of likely N-dealkylation sites (tertiary alicyclic amines) is 1. The lowest BCUT2D eigenvalue weighted by atomic mass is 9.77. The number of hydrogen-bond acceptors (Lipinski definition) is 5. The number of nitrogens with one attached hydrogen (secondary N) is 2. The Labute approximate surface area is 181 Å². The second-order valence-corrected chi connectivity index (χ2v) is 9.30. The van der Waals surface area contributed by atoms with Crippen molar-refractivity contribution < 1.29 is 13.6 Å². The zero-order valence-electron chi connectivity index (χ0n) is 18.2. The number of carbonyl (C=O) groups is 1. The Morgan fingerprint density at radius 3 is 2.81 bits per heavy atom. The van der Waals surface area contributed by atoms with Gasteiger partial charge in [-0.05, 0) is 51.2 Å². The fourth-order valence-electron chi connectivity index (χ4n) is 5.30. The van der Waals surface area contributed by atoms with Crippen molar-refractivity contribution in [1.82, 2.24) is 25.5 Å². The molecule has 1 aromatic heterocycles. The van der Waals surface area contributed by atoms with Crippen LogP contribution in [0.3, 0.4) is 0 Å². The molecular weight excluding hydrogens is 400 g/mol. The van der Waals surface area contributed by atoms with Crippen molar-refractivity contribution in [2.75, 3.05) is 33.2 Å². The molecule has 2 aliphatic heterocycles. The summed E-state index contributed by atoms with van der Waals surface area (Å²) in [5.74, 6) is 0.657. The molecule has 31 heavy (non-hydrogen) atoms. The van der Waals surface area contributed by atoms with Gasteiger partial charge < -0.3 is 15.5 Å². The van der Waals surface area contributed by atoms with Crippen LogP contribution in [0.2, 0.25) is 0 Å². The van der Waals surface area contributed by atoms with Crippen molar-refractivity contribution in [3.63, 3.8) is 0 Å². The second kappa shape index (κ2) is 9.12. The molecule has 3 heterocycles. The van der Waals surface area contributed by atoms with Gasteiger partial charge in [-0.1, -0.05) is 19.1 Å². The predicted molar refractivity (Wildman–Crippen MR) is 116 cm³/mol. The Hall–Kier alpha value is -2.19. The van der Waals surface area contributed by atoms with E-state index in [4.69, 9.17) is 0 Å². The van der Waals surface area contributed by atoms with Gasteiger partial charge in [0.1, 0.15) is 0 Å². The third-order valence-electron chi connectivity index (χ3n) is 6.60. The maximum atomic E-state index is 13.6. The third-order valence-corrected chi connectivity index (χ3v) is 6.60. The Bertz CT molecular complexity index is 939. The summed E-state index contributed by atoms with van der Waals surface area (Å²) in [6.45, 7) is 5.51. The number of piperidine rings is 2. The van der Waals surface area contributed by atoms with Gasteiger partial charge >= 0.3 is 0 Å². The van der Waals surface area contributed by atoms with E-state index in [0.717, 1.165) is 44.5 Å². The lowest BCUT2D eigenvalue weighted by Gasteiger charge is -2.42. The zero-order valence-corrected chi connectivity index (χ0v) is 18.2.